The molecule has 38 heavy (non-hydrogen) atoms. The second kappa shape index (κ2) is 10.7. The van der Waals surface area contributed by atoms with Crippen molar-refractivity contribution >= 4 is 73.9 Å². The number of hydrogen-bond acceptors (Lipinski definition) is 6. The van der Waals surface area contributed by atoms with Crippen LogP contribution in [0, 0.1) is 0 Å². The van der Waals surface area contributed by atoms with E-state index in [1.54, 1.807) is 23.9 Å². The number of fused-ring (bicyclic) bond motifs is 2. The fourth-order valence-electron chi connectivity index (χ4n) is 3.80. The van der Waals surface area contributed by atoms with E-state index in [2.05, 4.69) is 4.72 Å². The van der Waals surface area contributed by atoms with Crippen LogP contribution in [0.25, 0.3) is 0 Å². The van der Waals surface area contributed by atoms with Crippen LogP contribution in [0.4, 0.5) is 17.1 Å². The lowest BCUT2D eigenvalue weighted by atomic mass is 10.2. The lowest BCUT2D eigenvalue weighted by Gasteiger charge is -2.30. The van der Waals surface area contributed by atoms with Crippen molar-refractivity contribution in [1.29, 1.82) is 0 Å². The van der Waals surface area contributed by atoms with Gasteiger partial charge < -0.3 is 4.74 Å². The molecule has 0 atom stereocenters. The largest absolute Gasteiger partial charge is 0.452 e. The quantitative estimate of drug-likeness (QED) is 0.251. The zero-order chi connectivity index (χ0) is 26.9. The summed E-state index contributed by atoms with van der Waals surface area (Å²) in [6, 6.07) is 24.6. The number of halogens is 2. The molecule has 0 fully saturated rings. The van der Waals surface area contributed by atoms with Gasteiger partial charge in [-0.05, 0) is 66.7 Å². The van der Waals surface area contributed by atoms with E-state index in [0.29, 0.717) is 22.1 Å². The van der Waals surface area contributed by atoms with Crippen LogP contribution in [-0.2, 0) is 19.6 Å². The van der Waals surface area contributed by atoms with Crippen molar-refractivity contribution in [1.82, 2.24) is 0 Å². The number of carbonyl (C=O) groups is 2. The van der Waals surface area contributed by atoms with E-state index in [0.717, 1.165) is 15.9 Å². The molecule has 0 radical (unpaired) electrons. The number of para-hydroxylation sites is 2. The molecule has 4 aromatic carbocycles. The molecule has 7 nitrogen and oxygen atoms in total. The summed E-state index contributed by atoms with van der Waals surface area (Å²) in [6.07, 6.45) is 0. The Balaban J connectivity index is 1.35. The monoisotopic (exact) mass is 584 g/mol. The highest BCUT2D eigenvalue weighted by Crippen LogP contribution is 2.47. The maximum Gasteiger partial charge on any atom is 0.340 e. The molecule has 0 spiro atoms. The normalized spacial score (nSPS) is 12.3. The highest BCUT2D eigenvalue weighted by molar-refractivity contribution is 7.99. The molecule has 0 aromatic heterocycles. The fraction of sp³-hybridized carbons (Fsp3) is 0.0370. The number of rotatable bonds is 6. The molecule has 5 rings (SSSR count). The van der Waals surface area contributed by atoms with Crippen molar-refractivity contribution in [3.8, 4) is 0 Å². The van der Waals surface area contributed by atoms with Gasteiger partial charge >= 0.3 is 5.97 Å². The van der Waals surface area contributed by atoms with Crippen molar-refractivity contribution in [2.45, 2.75) is 14.7 Å². The number of anilines is 3. The van der Waals surface area contributed by atoms with Crippen molar-refractivity contribution in [2.75, 3.05) is 16.2 Å². The number of amides is 1. The van der Waals surface area contributed by atoms with Crippen LogP contribution in [-0.4, -0.2) is 26.9 Å². The first-order chi connectivity index (χ1) is 18.2. The van der Waals surface area contributed by atoms with Gasteiger partial charge in [0.1, 0.15) is 0 Å². The van der Waals surface area contributed by atoms with E-state index < -0.39 is 28.5 Å². The van der Waals surface area contributed by atoms with Crippen molar-refractivity contribution < 1.29 is 22.7 Å². The Morgan fingerprint density at radius 2 is 1.45 bits per heavy atom. The number of hydrogen-bond donors (Lipinski definition) is 1. The number of carbonyl (C=O) groups excluding carboxylic acids is 2. The molecule has 0 aliphatic carbocycles. The van der Waals surface area contributed by atoms with Gasteiger partial charge in [0.05, 0.1) is 26.9 Å². The Morgan fingerprint density at radius 3 is 2.08 bits per heavy atom. The second-order valence-corrected chi connectivity index (χ2v) is 11.7. The summed E-state index contributed by atoms with van der Waals surface area (Å²) >= 11 is 13.6. The van der Waals surface area contributed by atoms with E-state index in [9.17, 15) is 18.0 Å². The van der Waals surface area contributed by atoms with E-state index in [-0.39, 0.29) is 15.5 Å². The van der Waals surface area contributed by atoms with Crippen LogP contribution in [0.2, 0.25) is 10.0 Å². The summed E-state index contributed by atoms with van der Waals surface area (Å²) in [5, 5.41) is 0.437. The smallest absolute Gasteiger partial charge is 0.340 e. The molecule has 1 aliphatic heterocycles. The molecule has 0 saturated heterocycles. The minimum Gasteiger partial charge on any atom is -0.452 e. The summed E-state index contributed by atoms with van der Waals surface area (Å²) in [5.74, 6) is -1.40. The maximum absolute atomic E-state index is 13.3. The van der Waals surface area contributed by atoms with Crippen LogP contribution < -0.4 is 9.62 Å². The van der Waals surface area contributed by atoms with Crippen LogP contribution in [0.5, 0.6) is 0 Å². The van der Waals surface area contributed by atoms with Gasteiger partial charge in [-0.15, -0.1) is 0 Å². The molecule has 192 valence electrons. The highest BCUT2D eigenvalue weighted by Gasteiger charge is 2.29. The molecule has 4 aromatic rings. The minimum atomic E-state index is -4.05. The third-order valence-corrected chi connectivity index (χ3v) is 8.66. The maximum atomic E-state index is 13.3. The third kappa shape index (κ3) is 5.37. The number of benzene rings is 4. The number of sulfonamides is 1. The predicted molar refractivity (Wildman–Crippen MR) is 148 cm³/mol. The van der Waals surface area contributed by atoms with Crippen molar-refractivity contribution in [3.05, 3.63) is 107 Å². The molecule has 1 amide bonds. The number of nitrogens with one attached hydrogen (secondary N) is 1. The first-order valence-corrected chi connectivity index (χ1v) is 14.2. The van der Waals surface area contributed by atoms with Gasteiger partial charge in [-0.2, -0.15) is 0 Å². The molecular weight excluding hydrogens is 567 g/mol. The van der Waals surface area contributed by atoms with E-state index >= 15 is 0 Å². The lowest BCUT2D eigenvalue weighted by Crippen LogP contribution is -2.32. The zero-order valence-electron chi connectivity index (χ0n) is 19.4. The first-order valence-electron chi connectivity index (χ1n) is 11.2. The van der Waals surface area contributed by atoms with Crippen LogP contribution in [0.1, 0.15) is 10.4 Å². The van der Waals surface area contributed by atoms with E-state index in [1.807, 2.05) is 48.5 Å². The molecule has 1 N–H and O–H groups in total. The van der Waals surface area contributed by atoms with Gasteiger partial charge in [0, 0.05) is 20.5 Å². The summed E-state index contributed by atoms with van der Waals surface area (Å²) in [7, 11) is -4.05. The second-order valence-electron chi connectivity index (χ2n) is 8.10. The summed E-state index contributed by atoms with van der Waals surface area (Å²) < 4.78 is 33.5. The van der Waals surface area contributed by atoms with Gasteiger partial charge in [-0.1, -0.05) is 59.2 Å². The van der Waals surface area contributed by atoms with E-state index in [4.69, 9.17) is 27.9 Å². The van der Waals surface area contributed by atoms with Gasteiger partial charge in [0.25, 0.3) is 15.9 Å². The van der Waals surface area contributed by atoms with Crippen LogP contribution in [0.3, 0.4) is 0 Å². The number of esters is 1. The van der Waals surface area contributed by atoms with Gasteiger partial charge in [0.15, 0.2) is 6.61 Å². The van der Waals surface area contributed by atoms with Crippen molar-refractivity contribution in [2.24, 2.45) is 0 Å². The number of ether oxygens (including phenoxy) is 1. The van der Waals surface area contributed by atoms with Gasteiger partial charge in [-0.25, -0.2) is 13.2 Å². The molecular formula is C27H18Cl2N2O5S2. The molecule has 11 heteroatoms. The highest BCUT2D eigenvalue weighted by atomic mass is 35.5. The van der Waals surface area contributed by atoms with E-state index in [1.165, 1.54) is 29.2 Å². The Hall–Kier alpha value is -3.50. The van der Waals surface area contributed by atoms with Crippen molar-refractivity contribution in [3.63, 3.8) is 0 Å². The fourth-order valence-corrected chi connectivity index (χ4v) is 6.27. The predicted octanol–water partition coefficient (Wildman–Crippen LogP) is 6.78. The molecule has 0 unspecified atom stereocenters. The van der Waals surface area contributed by atoms with Crippen LogP contribution >= 0.6 is 35.0 Å². The molecule has 0 bridgehead atoms. The molecule has 1 heterocycles. The average molecular weight is 585 g/mol. The lowest BCUT2D eigenvalue weighted by molar-refractivity contribution is -0.121. The van der Waals surface area contributed by atoms with Gasteiger partial charge in [-0.3, -0.25) is 14.4 Å². The Labute approximate surface area is 233 Å². The molecule has 0 saturated carbocycles. The average Bonchev–Trinajstić information content (AvgIpc) is 2.91. The summed E-state index contributed by atoms with van der Waals surface area (Å²) in [4.78, 5) is 29.3. The summed E-state index contributed by atoms with van der Waals surface area (Å²) in [6.45, 7) is -0.581. The first kappa shape index (κ1) is 26.1. The van der Waals surface area contributed by atoms with Crippen LogP contribution in [0.15, 0.2) is 106 Å². The number of nitrogens with zero attached hydrogens (tertiary/aromatic N) is 1. The standard InChI is InChI=1S/C27H18Cl2N2O5S2/c28-17-9-11-18(12-10-17)30-38(34,35)19-13-14-21(29)20(15-19)27(33)36-16-26(32)31-22-5-1-3-7-24(22)37-25-8-4-2-6-23(25)31/h1-15,30H,16H2. The summed E-state index contributed by atoms with van der Waals surface area (Å²) in [5.41, 5.74) is 1.46. The SMILES string of the molecule is O=C(OCC(=O)N1c2ccccc2Sc2ccccc21)c1cc(S(=O)(=O)Nc2ccc(Cl)cc2)ccc1Cl. The third-order valence-electron chi connectivity index (χ3n) is 5.57. The van der Waals surface area contributed by atoms with Gasteiger partial charge in [0.2, 0.25) is 0 Å². The Morgan fingerprint density at radius 1 is 0.842 bits per heavy atom. The zero-order valence-corrected chi connectivity index (χ0v) is 22.6. The Kier molecular flexibility index (Phi) is 7.36. The Bertz CT molecular complexity index is 1620. The topological polar surface area (TPSA) is 92.8 Å². The minimum absolute atomic E-state index is 0.0158. The molecule has 1 aliphatic rings.